The molecule has 16 heavy (non-hydrogen) atoms. The zero-order valence-electron chi connectivity index (χ0n) is 10.4. The summed E-state index contributed by atoms with van der Waals surface area (Å²) in [6, 6.07) is 0. The molecular weight excluding hydrogens is 206 g/mol. The number of hydroxylamine groups is 2. The van der Waals surface area contributed by atoms with Crippen LogP contribution in [0.5, 0.6) is 0 Å². The van der Waals surface area contributed by atoms with Crippen LogP contribution >= 0.6 is 0 Å². The van der Waals surface area contributed by atoms with Crippen LogP contribution in [0.15, 0.2) is 0 Å². The van der Waals surface area contributed by atoms with Crippen molar-refractivity contribution in [3.63, 3.8) is 0 Å². The molecule has 1 aliphatic carbocycles. The molecule has 0 unspecified atom stereocenters. The molecule has 0 aliphatic heterocycles. The molecule has 0 spiro atoms. The summed E-state index contributed by atoms with van der Waals surface area (Å²) in [7, 11) is 1.52. The van der Waals surface area contributed by atoms with Gasteiger partial charge in [0.2, 0.25) is 0 Å². The standard InChI is InChI=1S/C12H21NO3/c1-4-12(8-6-5-7-9-12)11(15)13(3)16-10(2)14/h4-9H2,1-3H3. The molecule has 1 fully saturated rings. The van der Waals surface area contributed by atoms with Gasteiger partial charge in [0, 0.05) is 14.0 Å². The summed E-state index contributed by atoms with van der Waals surface area (Å²) in [5, 5.41) is 1.11. The Hall–Kier alpha value is -1.06. The summed E-state index contributed by atoms with van der Waals surface area (Å²) >= 11 is 0. The molecule has 1 rings (SSSR count). The first kappa shape index (κ1) is 13.0. The van der Waals surface area contributed by atoms with Gasteiger partial charge in [0.1, 0.15) is 0 Å². The van der Waals surface area contributed by atoms with Crippen LogP contribution in [0.2, 0.25) is 0 Å². The van der Waals surface area contributed by atoms with E-state index in [4.69, 9.17) is 4.84 Å². The van der Waals surface area contributed by atoms with Gasteiger partial charge in [-0.2, -0.15) is 5.06 Å². The van der Waals surface area contributed by atoms with Gasteiger partial charge >= 0.3 is 5.97 Å². The average Bonchev–Trinajstić information content (AvgIpc) is 2.28. The van der Waals surface area contributed by atoms with Crippen molar-refractivity contribution >= 4 is 11.9 Å². The molecule has 0 saturated heterocycles. The van der Waals surface area contributed by atoms with Crippen molar-refractivity contribution in [3.8, 4) is 0 Å². The molecule has 0 N–H and O–H groups in total. The molecule has 0 aromatic rings. The van der Waals surface area contributed by atoms with E-state index in [1.54, 1.807) is 0 Å². The van der Waals surface area contributed by atoms with Gasteiger partial charge in [-0.25, -0.2) is 0 Å². The molecule has 0 heterocycles. The summed E-state index contributed by atoms with van der Waals surface area (Å²) in [5.41, 5.74) is -0.303. The number of nitrogens with zero attached hydrogens (tertiary/aromatic N) is 1. The Labute approximate surface area is 96.9 Å². The van der Waals surface area contributed by atoms with E-state index in [0.717, 1.165) is 37.2 Å². The van der Waals surface area contributed by atoms with Crippen LogP contribution in [0.3, 0.4) is 0 Å². The van der Waals surface area contributed by atoms with Crippen molar-refractivity contribution in [1.82, 2.24) is 5.06 Å². The quantitative estimate of drug-likeness (QED) is 0.680. The van der Waals surface area contributed by atoms with Crippen molar-refractivity contribution in [2.45, 2.75) is 52.4 Å². The lowest BCUT2D eigenvalue weighted by Gasteiger charge is -2.36. The normalized spacial score (nSPS) is 18.9. The number of carbonyl (C=O) groups is 2. The number of amides is 1. The van der Waals surface area contributed by atoms with Crippen LogP contribution in [-0.4, -0.2) is 24.0 Å². The van der Waals surface area contributed by atoms with E-state index in [2.05, 4.69) is 0 Å². The maximum absolute atomic E-state index is 12.2. The monoisotopic (exact) mass is 227 g/mol. The van der Waals surface area contributed by atoms with Crippen molar-refractivity contribution in [2.24, 2.45) is 5.41 Å². The summed E-state index contributed by atoms with van der Waals surface area (Å²) in [5.74, 6) is -0.497. The molecule has 1 saturated carbocycles. The lowest BCUT2D eigenvalue weighted by molar-refractivity contribution is -0.198. The average molecular weight is 227 g/mol. The third-order valence-electron chi connectivity index (χ3n) is 3.49. The SMILES string of the molecule is CCC1(C(=O)N(C)OC(C)=O)CCCCC1. The molecule has 1 aliphatic rings. The smallest absolute Gasteiger partial charge is 0.329 e. The minimum Gasteiger partial charge on any atom is -0.339 e. The van der Waals surface area contributed by atoms with E-state index >= 15 is 0 Å². The molecule has 0 aromatic heterocycles. The van der Waals surface area contributed by atoms with Gasteiger partial charge in [-0.3, -0.25) is 9.59 Å². The number of hydrogen-bond acceptors (Lipinski definition) is 3. The number of rotatable bonds is 2. The van der Waals surface area contributed by atoms with Gasteiger partial charge in [-0.05, 0) is 19.3 Å². The molecule has 0 radical (unpaired) electrons. The highest BCUT2D eigenvalue weighted by atomic mass is 16.7. The first-order valence-electron chi connectivity index (χ1n) is 5.98. The maximum atomic E-state index is 12.2. The third-order valence-corrected chi connectivity index (χ3v) is 3.49. The van der Waals surface area contributed by atoms with Gasteiger partial charge in [0.25, 0.3) is 5.91 Å². The lowest BCUT2D eigenvalue weighted by Crippen LogP contribution is -2.43. The van der Waals surface area contributed by atoms with E-state index in [0.29, 0.717) is 0 Å². The summed E-state index contributed by atoms with van der Waals surface area (Å²) in [6.45, 7) is 3.34. The van der Waals surface area contributed by atoms with Crippen molar-refractivity contribution in [1.29, 1.82) is 0 Å². The van der Waals surface area contributed by atoms with Crippen LogP contribution < -0.4 is 0 Å². The van der Waals surface area contributed by atoms with Crippen LogP contribution in [-0.2, 0) is 14.4 Å². The Morgan fingerprint density at radius 2 is 1.81 bits per heavy atom. The van der Waals surface area contributed by atoms with E-state index in [1.807, 2.05) is 6.92 Å². The highest BCUT2D eigenvalue weighted by molar-refractivity contribution is 5.83. The minimum atomic E-state index is -0.446. The fraction of sp³-hybridized carbons (Fsp3) is 0.833. The Balaban J connectivity index is 2.71. The maximum Gasteiger partial charge on any atom is 0.329 e. The first-order valence-corrected chi connectivity index (χ1v) is 5.98. The fourth-order valence-electron chi connectivity index (χ4n) is 2.52. The predicted molar refractivity (Wildman–Crippen MR) is 60.3 cm³/mol. The number of hydrogen-bond donors (Lipinski definition) is 0. The molecule has 92 valence electrons. The zero-order valence-corrected chi connectivity index (χ0v) is 10.4. The number of carbonyl (C=O) groups excluding carboxylic acids is 2. The van der Waals surface area contributed by atoms with Gasteiger partial charge < -0.3 is 4.84 Å². The summed E-state index contributed by atoms with van der Waals surface area (Å²) < 4.78 is 0. The second-order valence-electron chi connectivity index (χ2n) is 4.58. The molecule has 4 nitrogen and oxygen atoms in total. The first-order chi connectivity index (χ1) is 7.52. The van der Waals surface area contributed by atoms with Crippen molar-refractivity contribution in [3.05, 3.63) is 0 Å². The van der Waals surface area contributed by atoms with E-state index in [9.17, 15) is 9.59 Å². The van der Waals surface area contributed by atoms with E-state index < -0.39 is 5.97 Å². The molecule has 0 bridgehead atoms. The third kappa shape index (κ3) is 2.74. The highest BCUT2D eigenvalue weighted by Crippen LogP contribution is 2.40. The molecule has 0 atom stereocenters. The van der Waals surface area contributed by atoms with Crippen molar-refractivity contribution < 1.29 is 14.4 Å². The van der Waals surface area contributed by atoms with Gasteiger partial charge in [-0.1, -0.05) is 26.2 Å². The Bertz CT molecular complexity index is 269. The minimum absolute atomic E-state index is 0.0510. The summed E-state index contributed by atoms with van der Waals surface area (Å²) in [4.78, 5) is 27.9. The van der Waals surface area contributed by atoms with E-state index in [1.165, 1.54) is 20.4 Å². The fourth-order valence-corrected chi connectivity index (χ4v) is 2.52. The second-order valence-corrected chi connectivity index (χ2v) is 4.58. The predicted octanol–water partition coefficient (Wildman–Crippen LogP) is 2.28. The van der Waals surface area contributed by atoms with Crippen molar-refractivity contribution in [2.75, 3.05) is 7.05 Å². The Kier molecular flexibility index (Phi) is 4.33. The van der Waals surface area contributed by atoms with Crippen LogP contribution in [0.1, 0.15) is 52.4 Å². The van der Waals surface area contributed by atoms with Crippen LogP contribution in [0, 0.1) is 5.41 Å². The van der Waals surface area contributed by atoms with E-state index in [-0.39, 0.29) is 11.3 Å². The second kappa shape index (κ2) is 5.32. The zero-order chi connectivity index (χ0) is 12.2. The molecule has 0 aromatic carbocycles. The highest BCUT2D eigenvalue weighted by Gasteiger charge is 2.40. The van der Waals surface area contributed by atoms with Gasteiger partial charge in [0.05, 0.1) is 5.41 Å². The lowest BCUT2D eigenvalue weighted by atomic mass is 9.71. The Morgan fingerprint density at radius 3 is 2.25 bits per heavy atom. The summed E-state index contributed by atoms with van der Waals surface area (Å²) in [6.07, 6.45) is 6.02. The largest absolute Gasteiger partial charge is 0.339 e. The molecule has 4 heteroatoms. The van der Waals surface area contributed by atoms with Crippen LogP contribution in [0.4, 0.5) is 0 Å². The molecule has 1 amide bonds. The topological polar surface area (TPSA) is 46.6 Å². The molecular formula is C12H21NO3. The van der Waals surface area contributed by atoms with Gasteiger partial charge in [-0.15, -0.1) is 0 Å². The van der Waals surface area contributed by atoms with Gasteiger partial charge in [0.15, 0.2) is 0 Å². The van der Waals surface area contributed by atoms with Crippen LogP contribution in [0.25, 0.3) is 0 Å². The Morgan fingerprint density at radius 1 is 1.25 bits per heavy atom.